The number of fused-ring (bicyclic) bond motifs is 1. The quantitative estimate of drug-likeness (QED) is 0.782. The van der Waals surface area contributed by atoms with Crippen molar-refractivity contribution in [2.24, 2.45) is 4.99 Å². The van der Waals surface area contributed by atoms with Crippen molar-refractivity contribution in [1.82, 2.24) is 5.32 Å². The molecule has 0 radical (unpaired) electrons. The molecule has 2 nitrogen and oxygen atoms in total. The van der Waals surface area contributed by atoms with Crippen molar-refractivity contribution in [1.29, 1.82) is 0 Å². The SMILES string of the molecule is C1=N[C@@H]2CCCC[C@@H]2NC=C1c1ccccc1. The van der Waals surface area contributed by atoms with Crippen LogP contribution in [0.3, 0.4) is 0 Å². The first-order valence-electron chi connectivity index (χ1n) is 6.48. The molecule has 2 heteroatoms. The number of benzene rings is 1. The monoisotopic (exact) mass is 226 g/mol. The smallest absolute Gasteiger partial charge is 0.0700 e. The number of rotatable bonds is 1. The van der Waals surface area contributed by atoms with Crippen molar-refractivity contribution in [2.45, 2.75) is 37.8 Å². The molecule has 0 bridgehead atoms. The van der Waals surface area contributed by atoms with Gasteiger partial charge in [-0.1, -0.05) is 43.2 Å². The van der Waals surface area contributed by atoms with Crippen molar-refractivity contribution in [3.05, 3.63) is 42.1 Å². The first-order valence-corrected chi connectivity index (χ1v) is 6.48. The third-order valence-corrected chi connectivity index (χ3v) is 3.69. The van der Waals surface area contributed by atoms with E-state index < -0.39 is 0 Å². The van der Waals surface area contributed by atoms with Gasteiger partial charge in [-0.25, -0.2) is 0 Å². The molecule has 1 aromatic rings. The lowest BCUT2D eigenvalue weighted by Crippen LogP contribution is -2.37. The minimum atomic E-state index is 0.473. The average molecular weight is 226 g/mol. The van der Waals surface area contributed by atoms with Crippen molar-refractivity contribution in [3.63, 3.8) is 0 Å². The molecular formula is C15H18N2. The van der Waals surface area contributed by atoms with Gasteiger partial charge in [0, 0.05) is 24.0 Å². The van der Waals surface area contributed by atoms with Crippen LogP contribution < -0.4 is 5.32 Å². The maximum atomic E-state index is 4.75. The molecule has 1 aliphatic heterocycles. The highest BCUT2D eigenvalue weighted by Crippen LogP contribution is 2.24. The van der Waals surface area contributed by atoms with E-state index >= 15 is 0 Å². The molecule has 2 atom stereocenters. The summed E-state index contributed by atoms with van der Waals surface area (Å²) < 4.78 is 0. The van der Waals surface area contributed by atoms with Gasteiger partial charge >= 0.3 is 0 Å². The minimum absolute atomic E-state index is 0.473. The maximum Gasteiger partial charge on any atom is 0.0700 e. The lowest BCUT2D eigenvalue weighted by atomic mass is 9.91. The first-order chi connectivity index (χ1) is 8.43. The van der Waals surface area contributed by atoms with Crippen LogP contribution in [-0.2, 0) is 0 Å². The van der Waals surface area contributed by atoms with E-state index in [0.29, 0.717) is 12.1 Å². The Labute approximate surface area is 102 Å². The standard InChI is InChI=1S/C15H18N2/c1-2-6-12(7-3-1)13-10-16-14-8-4-5-9-15(14)17-11-13/h1-3,6-7,10-11,14-16H,4-5,8-9H2/t14-,15+/m0/s1. The second-order valence-electron chi connectivity index (χ2n) is 4.87. The molecule has 0 spiro atoms. The minimum Gasteiger partial charge on any atom is -0.385 e. The number of allylic oxidation sites excluding steroid dienone is 1. The van der Waals surface area contributed by atoms with Crippen LogP contribution in [0.15, 0.2) is 41.5 Å². The Bertz CT molecular complexity index is 433. The largest absolute Gasteiger partial charge is 0.385 e. The molecule has 1 fully saturated rings. The predicted molar refractivity (Wildman–Crippen MR) is 72.1 cm³/mol. The van der Waals surface area contributed by atoms with Gasteiger partial charge in [0.05, 0.1) is 6.04 Å². The van der Waals surface area contributed by atoms with Crippen LogP contribution in [0.5, 0.6) is 0 Å². The summed E-state index contributed by atoms with van der Waals surface area (Å²) in [5, 5.41) is 3.55. The summed E-state index contributed by atoms with van der Waals surface area (Å²) in [6.45, 7) is 0. The fraction of sp³-hybridized carbons (Fsp3) is 0.400. The van der Waals surface area contributed by atoms with Gasteiger partial charge in [-0.05, 0) is 18.4 Å². The molecule has 0 unspecified atom stereocenters. The second kappa shape index (κ2) is 4.74. The number of nitrogens with one attached hydrogen (secondary N) is 1. The lowest BCUT2D eigenvalue weighted by molar-refractivity contribution is 0.357. The summed E-state index contributed by atoms with van der Waals surface area (Å²) in [4.78, 5) is 4.75. The van der Waals surface area contributed by atoms with Crippen LogP contribution in [0.4, 0.5) is 0 Å². The number of aliphatic imine (C=N–C) groups is 1. The molecule has 0 saturated heterocycles. The Hall–Kier alpha value is -1.57. The van der Waals surface area contributed by atoms with Gasteiger partial charge in [0.2, 0.25) is 0 Å². The van der Waals surface area contributed by atoms with Gasteiger partial charge in [0.1, 0.15) is 0 Å². The predicted octanol–water partition coefficient (Wildman–Crippen LogP) is 3.01. The highest BCUT2D eigenvalue weighted by Gasteiger charge is 2.24. The van der Waals surface area contributed by atoms with E-state index in [2.05, 4.69) is 35.8 Å². The number of nitrogens with zero attached hydrogens (tertiary/aromatic N) is 1. The molecule has 0 aromatic heterocycles. The van der Waals surface area contributed by atoms with Gasteiger partial charge in [0.25, 0.3) is 0 Å². The summed E-state index contributed by atoms with van der Waals surface area (Å²) in [6, 6.07) is 11.5. The normalized spacial score (nSPS) is 27.6. The zero-order valence-electron chi connectivity index (χ0n) is 9.97. The lowest BCUT2D eigenvalue weighted by Gasteiger charge is -2.27. The van der Waals surface area contributed by atoms with Crippen LogP contribution in [0.25, 0.3) is 5.57 Å². The Morgan fingerprint density at radius 3 is 2.76 bits per heavy atom. The Balaban J connectivity index is 1.85. The molecule has 1 saturated carbocycles. The Morgan fingerprint density at radius 1 is 1.06 bits per heavy atom. The zero-order chi connectivity index (χ0) is 11.5. The third-order valence-electron chi connectivity index (χ3n) is 3.69. The van der Waals surface area contributed by atoms with E-state index in [4.69, 9.17) is 4.99 Å². The molecule has 1 aromatic carbocycles. The molecule has 1 N–H and O–H groups in total. The van der Waals surface area contributed by atoms with E-state index in [-0.39, 0.29) is 0 Å². The van der Waals surface area contributed by atoms with E-state index in [9.17, 15) is 0 Å². The summed E-state index contributed by atoms with van der Waals surface area (Å²) >= 11 is 0. The molecule has 2 aliphatic rings. The molecular weight excluding hydrogens is 208 g/mol. The molecule has 1 aliphatic carbocycles. The van der Waals surface area contributed by atoms with Gasteiger partial charge in [-0.2, -0.15) is 0 Å². The molecule has 17 heavy (non-hydrogen) atoms. The molecule has 3 rings (SSSR count). The summed E-state index contributed by atoms with van der Waals surface area (Å²) in [5.41, 5.74) is 2.43. The second-order valence-corrected chi connectivity index (χ2v) is 4.87. The van der Waals surface area contributed by atoms with Crippen LogP contribution in [0.1, 0.15) is 31.2 Å². The van der Waals surface area contributed by atoms with E-state index in [1.54, 1.807) is 0 Å². The Morgan fingerprint density at radius 2 is 1.88 bits per heavy atom. The van der Waals surface area contributed by atoms with Crippen molar-refractivity contribution in [2.75, 3.05) is 0 Å². The Kier molecular flexibility index (Phi) is 2.95. The first kappa shape index (κ1) is 10.6. The van der Waals surface area contributed by atoms with E-state index in [1.807, 2.05) is 12.3 Å². The van der Waals surface area contributed by atoms with Crippen LogP contribution in [0, 0.1) is 0 Å². The highest BCUT2D eigenvalue weighted by atomic mass is 15.0. The van der Waals surface area contributed by atoms with Crippen LogP contribution >= 0.6 is 0 Å². The van der Waals surface area contributed by atoms with E-state index in [1.165, 1.54) is 36.8 Å². The topological polar surface area (TPSA) is 24.4 Å². The van der Waals surface area contributed by atoms with Gasteiger partial charge in [0.15, 0.2) is 0 Å². The van der Waals surface area contributed by atoms with Crippen molar-refractivity contribution in [3.8, 4) is 0 Å². The molecule has 88 valence electrons. The number of hydrogen-bond acceptors (Lipinski definition) is 2. The summed E-state index contributed by atoms with van der Waals surface area (Å²) in [7, 11) is 0. The molecule has 1 heterocycles. The van der Waals surface area contributed by atoms with E-state index in [0.717, 1.165) is 0 Å². The fourth-order valence-electron chi connectivity index (χ4n) is 2.68. The maximum absolute atomic E-state index is 4.75. The molecule has 0 amide bonds. The number of hydrogen-bond donors (Lipinski definition) is 1. The summed E-state index contributed by atoms with van der Waals surface area (Å²) in [5.74, 6) is 0. The third kappa shape index (κ3) is 2.26. The van der Waals surface area contributed by atoms with Crippen LogP contribution in [0.2, 0.25) is 0 Å². The highest BCUT2D eigenvalue weighted by molar-refractivity contribution is 6.09. The van der Waals surface area contributed by atoms with Gasteiger partial charge in [-0.15, -0.1) is 0 Å². The van der Waals surface area contributed by atoms with Crippen molar-refractivity contribution >= 4 is 11.8 Å². The van der Waals surface area contributed by atoms with Gasteiger partial charge in [-0.3, -0.25) is 4.99 Å². The summed E-state index contributed by atoms with van der Waals surface area (Å²) in [6.07, 6.45) is 9.30. The van der Waals surface area contributed by atoms with Gasteiger partial charge < -0.3 is 5.32 Å². The van der Waals surface area contributed by atoms with Crippen molar-refractivity contribution < 1.29 is 0 Å². The fourth-order valence-corrected chi connectivity index (χ4v) is 2.68. The van der Waals surface area contributed by atoms with Crippen LogP contribution in [-0.4, -0.2) is 18.3 Å². The zero-order valence-corrected chi connectivity index (χ0v) is 9.97. The average Bonchev–Trinajstić information content (AvgIpc) is 2.62.